The molecule has 4 aromatic rings. The highest BCUT2D eigenvalue weighted by molar-refractivity contribution is 7.20. The van der Waals surface area contributed by atoms with Gasteiger partial charge in [0.2, 0.25) is 0 Å². The zero-order valence-corrected chi connectivity index (χ0v) is 14.9. The smallest absolute Gasteiger partial charge is 0.266 e. The number of rotatable bonds is 4. The van der Waals surface area contributed by atoms with Crippen LogP contribution in [0.1, 0.15) is 15.2 Å². The van der Waals surface area contributed by atoms with Crippen molar-refractivity contribution in [3.8, 4) is 11.5 Å². The molecule has 0 bridgehead atoms. The van der Waals surface area contributed by atoms with E-state index in [-0.39, 0.29) is 5.91 Å². The van der Waals surface area contributed by atoms with E-state index in [4.69, 9.17) is 4.74 Å². The van der Waals surface area contributed by atoms with Gasteiger partial charge in [-0.3, -0.25) is 4.79 Å². The molecule has 0 spiro atoms. The number of benzene rings is 2. The number of nitrogens with one attached hydrogen (secondary N) is 1. The fraction of sp³-hybridized carbons (Fsp3) is 0.0476. The lowest BCUT2D eigenvalue weighted by atomic mass is 10.2. The van der Waals surface area contributed by atoms with Crippen LogP contribution in [0.5, 0.6) is 11.5 Å². The van der Waals surface area contributed by atoms with Crippen LogP contribution in [0.4, 0.5) is 5.69 Å². The number of nitrogens with zero attached hydrogens (tertiary/aromatic N) is 1. The fourth-order valence-corrected chi connectivity index (χ4v) is 3.73. The van der Waals surface area contributed by atoms with Gasteiger partial charge in [0.15, 0.2) is 0 Å². The molecular weight excluding hydrogens is 344 g/mol. The molecule has 0 saturated carbocycles. The lowest BCUT2D eigenvalue weighted by molar-refractivity contribution is 0.103. The summed E-state index contributed by atoms with van der Waals surface area (Å²) in [6, 6.07) is 20.8. The first-order chi connectivity index (χ1) is 12.7. The minimum atomic E-state index is -0.123. The number of thiophene rings is 1. The summed E-state index contributed by atoms with van der Waals surface area (Å²) in [5.41, 5.74) is 1.68. The molecular formula is C21H16N2O2S. The largest absolute Gasteiger partial charge is 0.457 e. The van der Waals surface area contributed by atoms with Gasteiger partial charge in [0.05, 0.1) is 4.88 Å². The van der Waals surface area contributed by atoms with Gasteiger partial charge in [0.1, 0.15) is 16.3 Å². The Morgan fingerprint density at radius 3 is 2.42 bits per heavy atom. The van der Waals surface area contributed by atoms with Crippen molar-refractivity contribution in [1.29, 1.82) is 0 Å². The normalized spacial score (nSPS) is 10.7. The average Bonchev–Trinajstić information content (AvgIpc) is 3.01. The Labute approximate surface area is 155 Å². The molecule has 5 heteroatoms. The molecule has 0 unspecified atom stereocenters. The van der Waals surface area contributed by atoms with Gasteiger partial charge in [-0.1, -0.05) is 24.3 Å². The molecule has 2 aromatic carbocycles. The average molecular weight is 360 g/mol. The molecule has 2 aromatic heterocycles. The summed E-state index contributed by atoms with van der Waals surface area (Å²) in [5.74, 6) is 1.37. The van der Waals surface area contributed by atoms with E-state index in [2.05, 4.69) is 10.3 Å². The summed E-state index contributed by atoms with van der Waals surface area (Å²) >= 11 is 1.41. The summed E-state index contributed by atoms with van der Waals surface area (Å²) in [5, 5.41) is 3.96. The van der Waals surface area contributed by atoms with Crippen molar-refractivity contribution < 1.29 is 9.53 Å². The monoisotopic (exact) mass is 360 g/mol. The minimum absolute atomic E-state index is 0.123. The van der Waals surface area contributed by atoms with E-state index >= 15 is 0 Å². The number of pyridine rings is 1. The van der Waals surface area contributed by atoms with Crippen LogP contribution in [0.25, 0.3) is 10.2 Å². The second-order valence-electron chi connectivity index (χ2n) is 5.81. The molecule has 4 nitrogen and oxygen atoms in total. The summed E-state index contributed by atoms with van der Waals surface area (Å²) in [7, 11) is 0. The molecule has 0 aliphatic rings. The molecule has 128 valence electrons. The summed E-state index contributed by atoms with van der Waals surface area (Å²) in [6.45, 7) is 1.95. The third kappa shape index (κ3) is 3.30. The summed E-state index contributed by atoms with van der Waals surface area (Å²) < 4.78 is 5.76. The van der Waals surface area contributed by atoms with Crippen LogP contribution in [-0.4, -0.2) is 10.9 Å². The highest BCUT2D eigenvalue weighted by Crippen LogP contribution is 2.30. The van der Waals surface area contributed by atoms with Crippen molar-refractivity contribution in [2.45, 2.75) is 6.92 Å². The number of fused-ring (bicyclic) bond motifs is 1. The van der Waals surface area contributed by atoms with Crippen molar-refractivity contribution in [3.05, 3.63) is 83.4 Å². The van der Waals surface area contributed by atoms with Crippen molar-refractivity contribution in [2.75, 3.05) is 5.32 Å². The second-order valence-corrected chi connectivity index (χ2v) is 6.80. The van der Waals surface area contributed by atoms with Crippen LogP contribution < -0.4 is 10.1 Å². The zero-order chi connectivity index (χ0) is 17.9. The predicted molar refractivity (Wildman–Crippen MR) is 105 cm³/mol. The molecule has 0 radical (unpaired) electrons. The third-order valence-corrected chi connectivity index (χ3v) is 5.23. The number of amides is 1. The Morgan fingerprint density at radius 1 is 0.962 bits per heavy atom. The molecule has 0 aliphatic heterocycles. The maximum atomic E-state index is 12.6. The molecule has 1 amide bonds. The van der Waals surface area contributed by atoms with Crippen LogP contribution in [0.15, 0.2) is 72.9 Å². The highest BCUT2D eigenvalue weighted by Gasteiger charge is 2.16. The number of carbonyl (C=O) groups excluding carboxylic acids is 1. The van der Waals surface area contributed by atoms with Crippen LogP contribution in [0.2, 0.25) is 0 Å². The van der Waals surface area contributed by atoms with Gasteiger partial charge >= 0.3 is 0 Å². The number of hydrogen-bond acceptors (Lipinski definition) is 4. The Hall–Kier alpha value is -3.18. The van der Waals surface area contributed by atoms with Gasteiger partial charge in [0, 0.05) is 17.3 Å². The van der Waals surface area contributed by atoms with Crippen molar-refractivity contribution in [1.82, 2.24) is 4.98 Å². The van der Waals surface area contributed by atoms with E-state index in [1.807, 2.05) is 73.7 Å². The van der Waals surface area contributed by atoms with Gasteiger partial charge in [-0.05, 0) is 55.0 Å². The Morgan fingerprint density at radius 2 is 1.69 bits per heavy atom. The number of hydrogen-bond donors (Lipinski definition) is 1. The standard InChI is InChI=1S/C21H16N2O2S/c1-14-18-8-5-13-22-21(18)26-19(14)20(24)23-15-9-11-17(12-10-15)25-16-6-3-2-4-7-16/h2-13H,1H3,(H,23,24). The van der Waals surface area contributed by atoms with Crippen LogP contribution in [-0.2, 0) is 0 Å². The van der Waals surface area contributed by atoms with E-state index in [9.17, 15) is 4.79 Å². The first-order valence-corrected chi connectivity index (χ1v) is 9.01. The fourth-order valence-electron chi connectivity index (χ4n) is 2.69. The van der Waals surface area contributed by atoms with Gasteiger partial charge in [-0.25, -0.2) is 4.98 Å². The van der Waals surface area contributed by atoms with Crippen molar-refractivity contribution in [3.63, 3.8) is 0 Å². The third-order valence-electron chi connectivity index (χ3n) is 4.01. The molecule has 0 fully saturated rings. The van der Waals surface area contributed by atoms with Crippen LogP contribution in [0, 0.1) is 6.92 Å². The quantitative estimate of drug-likeness (QED) is 0.512. The van der Waals surface area contributed by atoms with Crippen LogP contribution >= 0.6 is 11.3 Å². The molecule has 4 rings (SSSR count). The predicted octanol–water partition coefficient (Wildman–Crippen LogP) is 5.65. The van der Waals surface area contributed by atoms with Gasteiger partial charge in [0.25, 0.3) is 5.91 Å². The Bertz CT molecular complexity index is 1060. The van der Waals surface area contributed by atoms with Crippen molar-refractivity contribution in [2.24, 2.45) is 0 Å². The number of anilines is 1. The maximum Gasteiger partial charge on any atom is 0.266 e. The molecule has 0 aliphatic carbocycles. The van der Waals surface area contributed by atoms with Gasteiger partial charge < -0.3 is 10.1 Å². The van der Waals surface area contributed by atoms with E-state index in [0.29, 0.717) is 4.88 Å². The van der Waals surface area contributed by atoms with Crippen molar-refractivity contribution >= 4 is 33.1 Å². The first kappa shape index (κ1) is 16.3. The molecule has 1 N–H and O–H groups in total. The van der Waals surface area contributed by atoms with E-state index < -0.39 is 0 Å². The van der Waals surface area contributed by atoms with E-state index in [1.165, 1.54) is 11.3 Å². The first-order valence-electron chi connectivity index (χ1n) is 8.19. The lowest BCUT2D eigenvalue weighted by Gasteiger charge is -2.08. The summed E-state index contributed by atoms with van der Waals surface area (Å²) in [4.78, 5) is 18.5. The molecule has 2 heterocycles. The number of aromatic nitrogens is 1. The van der Waals surface area contributed by atoms with E-state index in [1.54, 1.807) is 6.20 Å². The number of para-hydroxylation sites is 1. The maximum absolute atomic E-state index is 12.6. The number of ether oxygens (including phenoxy) is 1. The van der Waals surface area contributed by atoms with Gasteiger partial charge in [-0.15, -0.1) is 11.3 Å². The molecule has 0 atom stereocenters. The summed E-state index contributed by atoms with van der Waals surface area (Å²) in [6.07, 6.45) is 1.74. The topological polar surface area (TPSA) is 51.2 Å². The minimum Gasteiger partial charge on any atom is -0.457 e. The number of carbonyl (C=O) groups is 1. The zero-order valence-electron chi connectivity index (χ0n) is 14.1. The highest BCUT2D eigenvalue weighted by atomic mass is 32.1. The number of aryl methyl sites for hydroxylation is 1. The van der Waals surface area contributed by atoms with E-state index in [0.717, 1.165) is 33.0 Å². The molecule has 26 heavy (non-hydrogen) atoms. The Kier molecular flexibility index (Phi) is 4.37. The second kappa shape index (κ2) is 6.98. The SMILES string of the molecule is Cc1c(C(=O)Nc2ccc(Oc3ccccc3)cc2)sc2ncccc12. The molecule has 0 saturated heterocycles. The van der Waals surface area contributed by atoms with Gasteiger partial charge in [-0.2, -0.15) is 0 Å². The van der Waals surface area contributed by atoms with Crippen LogP contribution in [0.3, 0.4) is 0 Å². The Balaban J connectivity index is 1.49. The lowest BCUT2D eigenvalue weighted by Crippen LogP contribution is -2.11.